The number of hydrogen-bond donors (Lipinski definition) is 4. The molecule has 1 unspecified atom stereocenters. The number of para-hydroxylation sites is 2. The Bertz CT molecular complexity index is 2600. The second-order valence-corrected chi connectivity index (χ2v) is 17.1. The van der Waals surface area contributed by atoms with Crippen LogP contribution in [-0.2, 0) is 30.2 Å². The zero-order valence-electron chi connectivity index (χ0n) is 36.8. The molecule has 14 heteroatoms. The molecule has 65 heavy (non-hydrogen) atoms. The molecule has 2 aromatic heterocycles. The van der Waals surface area contributed by atoms with E-state index in [9.17, 15) is 13.2 Å². The lowest BCUT2D eigenvalue weighted by molar-refractivity contribution is -0.274. The lowest BCUT2D eigenvalue weighted by atomic mass is 9.64. The number of nitrogens with zero attached hydrogens (tertiary/aromatic N) is 4. The van der Waals surface area contributed by atoms with Gasteiger partial charge in [0.25, 0.3) is 0 Å². The van der Waals surface area contributed by atoms with Gasteiger partial charge in [0.1, 0.15) is 18.5 Å². The number of hydrogen-bond acceptors (Lipinski definition) is 11. The van der Waals surface area contributed by atoms with Crippen LogP contribution < -0.4 is 35.5 Å². The van der Waals surface area contributed by atoms with Gasteiger partial charge in [-0.15, -0.1) is 13.2 Å². The van der Waals surface area contributed by atoms with Crippen molar-refractivity contribution in [3.63, 3.8) is 0 Å². The zero-order valence-corrected chi connectivity index (χ0v) is 36.8. The summed E-state index contributed by atoms with van der Waals surface area (Å²) in [5.41, 5.74) is 10.5. The van der Waals surface area contributed by atoms with Gasteiger partial charge in [0.05, 0.1) is 17.9 Å². The summed E-state index contributed by atoms with van der Waals surface area (Å²) in [7, 11) is 0. The molecule has 4 aromatic carbocycles. The molecule has 11 rings (SSSR count). The van der Waals surface area contributed by atoms with Crippen molar-refractivity contribution in [1.82, 2.24) is 30.6 Å². The second-order valence-electron chi connectivity index (χ2n) is 17.1. The van der Waals surface area contributed by atoms with E-state index >= 15 is 0 Å². The van der Waals surface area contributed by atoms with Crippen molar-refractivity contribution in [2.45, 2.75) is 82.2 Å². The van der Waals surface area contributed by atoms with Crippen LogP contribution in [0.4, 0.5) is 25.1 Å². The number of alkyl halides is 3. The first-order valence-electron chi connectivity index (χ1n) is 22.8. The predicted octanol–water partition coefficient (Wildman–Crippen LogP) is 9.43. The van der Waals surface area contributed by atoms with E-state index in [-0.39, 0.29) is 29.2 Å². The fourth-order valence-corrected chi connectivity index (χ4v) is 10.0. The molecule has 4 N–H and O–H groups in total. The van der Waals surface area contributed by atoms with Crippen molar-refractivity contribution in [2.75, 3.05) is 50.0 Å². The van der Waals surface area contributed by atoms with Gasteiger partial charge in [0.15, 0.2) is 11.5 Å². The molecular formula is C51H55F3N8O3. The lowest BCUT2D eigenvalue weighted by Gasteiger charge is -2.42. The van der Waals surface area contributed by atoms with E-state index in [2.05, 4.69) is 78.4 Å². The Morgan fingerprint density at radius 3 is 1.80 bits per heavy atom. The van der Waals surface area contributed by atoms with Gasteiger partial charge < -0.3 is 35.5 Å². The van der Waals surface area contributed by atoms with Crippen LogP contribution in [0.1, 0.15) is 67.3 Å². The summed E-state index contributed by atoms with van der Waals surface area (Å²) in [5, 5.41) is 13.5. The number of halogens is 3. The van der Waals surface area contributed by atoms with E-state index in [1.54, 1.807) is 6.07 Å². The van der Waals surface area contributed by atoms with Crippen molar-refractivity contribution in [2.24, 2.45) is 0 Å². The van der Waals surface area contributed by atoms with Crippen LogP contribution in [0.2, 0.25) is 0 Å². The highest BCUT2D eigenvalue weighted by Crippen LogP contribution is 2.48. The average molecular weight is 885 g/mol. The summed E-state index contributed by atoms with van der Waals surface area (Å²) in [6.45, 7) is 9.51. The summed E-state index contributed by atoms with van der Waals surface area (Å²) in [5.74, 6) is 2.42. The van der Waals surface area contributed by atoms with Crippen molar-refractivity contribution >= 4 is 11.9 Å². The first-order valence-corrected chi connectivity index (χ1v) is 22.8. The Kier molecular flexibility index (Phi) is 12.9. The molecular weight excluding hydrogens is 830 g/mol. The molecule has 5 aliphatic rings. The Morgan fingerprint density at radius 1 is 0.677 bits per heavy atom. The fourth-order valence-electron chi connectivity index (χ4n) is 10.0. The van der Waals surface area contributed by atoms with Crippen molar-refractivity contribution in [3.8, 4) is 39.8 Å². The Balaban J connectivity index is 0.000000158. The van der Waals surface area contributed by atoms with Crippen molar-refractivity contribution < 1.29 is 27.4 Å². The average Bonchev–Trinajstić information content (AvgIpc) is 3.34. The standard InChI is InChI=1S/C25H26N4O2.C24H23F3N4O.C2H6/c1-2-6-20-19(5-1)23-17(13-25(20)9-11-26-12-10-25)14-27-24(29-23)28-15-18-16-30-21-7-3-4-8-22(21)31-18;25-24(26,27)32-18-5-3-4-16(12-18)14-29-22-30-15-17-13-23(8-10-28-11-9-23)20-7-2-1-6-19(20)21(17)31-22;1-2/h1-8,14,18,26H,9-13,15-16H2,(H,27,28,29);1-7,12,15,28H,8-11,13-14H2,(H,29,30,31);1-2H3. The van der Waals surface area contributed by atoms with Crippen LogP contribution >= 0.6 is 0 Å². The zero-order chi connectivity index (χ0) is 44.9. The van der Waals surface area contributed by atoms with E-state index in [1.807, 2.05) is 56.6 Å². The van der Waals surface area contributed by atoms with E-state index < -0.39 is 6.36 Å². The third-order valence-electron chi connectivity index (χ3n) is 13.1. The molecule has 2 spiro atoms. The molecule has 0 saturated carbocycles. The van der Waals surface area contributed by atoms with E-state index in [4.69, 9.17) is 19.4 Å². The third-order valence-corrected chi connectivity index (χ3v) is 13.1. The van der Waals surface area contributed by atoms with Crippen LogP contribution in [0.15, 0.2) is 109 Å². The van der Waals surface area contributed by atoms with Crippen LogP contribution in [0.25, 0.3) is 22.5 Å². The fraction of sp³-hybridized carbons (Fsp3) is 0.373. The molecule has 0 bridgehead atoms. The smallest absolute Gasteiger partial charge is 0.486 e. The largest absolute Gasteiger partial charge is 0.573 e. The normalized spacial score (nSPS) is 18.2. The number of fused-ring (bicyclic) bond motifs is 9. The second kappa shape index (κ2) is 19.1. The monoisotopic (exact) mass is 884 g/mol. The minimum atomic E-state index is -4.72. The summed E-state index contributed by atoms with van der Waals surface area (Å²) in [6, 6.07) is 30.9. The molecule has 0 amide bonds. The van der Waals surface area contributed by atoms with E-state index in [0.717, 1.165) is 98.7 Å². The molecule has 338 valence electrons. The van der Waals surface area contributed by atoms with E-state index in [0.29, 0.717) is 30.6 Å². The lowest BCUT2D eigenvalue weighted by Crippen LogP contribution is -2.43. The topological polar surface area (TPSA) is 127 Å². The number of piperidine rings is 2. The van der Waals surface area contributed by atoms with Crippen LogP contribution in [0, 0.1) is 0 Å². The van der Waals surface area contributed by atoms with E-state index in [1.165, 1.54) is 40.5 Å². The maximum absolute atomic E-state index is 12.5. The molecule has 3 aliphatic heterocycles. The van der Waals surface area contributed by atoms with Gasteiger partial charge in [-0.25, -0.2) is 19.9 Å². The molecule has 2 saturated heterocycles. The SMILES string of the molecule is CC.FC(F)(F)Oc1cccc(CNc2ncc3c(n2)-c2ccccc2C2(CCNCC2)C3)c1.c1ccc2c(c1)OCC(CNc1ncc3c(n1)-c1ccccc1C1(CCNCC1)C3)O2. The number of benzene rings is 4. The predicted molar refractivity (Wildman–Crippen MR) is 247 cm³/mol. The summed E-state index contributed by atoms with van der Waals surface area (Å²) in [4.78, 5) is 18.8. The highest BCUT2D eigenvalue weighted by Gasteiger charge is 2.42. The number of rotatable bonds is 7. The molecule has 11 nitrogen and oxygen atoms in total. The first kappa shape index (κ1) is 44.0. The van der Waals surface area contributed by atoms with Crippen LogP contribution in [-0.4, -0.2) is 71.7 Å². The highest BCUT2D eigenvalue weighted by atomic mass is 19.4. The van der Waals surface area contributed by atoms with Crippen LogP contribution in [0.5, 0.6) is 17.2 Å². The molecule has 0 radical (unpaired) electrons. The van der Waals surface area contributed by atoms with Crippen molar-refractivity contribution in [3.05, 3.63) is 137 Å². The number of ether oxygens (including phenoxy) is 3. The van der Waals surface area contributed by atoms with Gasteiger partial charge >= 0.3 is 6.36 Å². The highest BCUT2D eigenvalue weighted by molar-refractivity contribution is 5.74. The van der Waals surface area contributed by atoms with Gasteiger partial charge in [0.2, 0.25) is 11.9 Å². The van der Waals surface area contributed by atoms with Crippen LogP contribution in [0.3, 0.4) is 0 Å². The first-order chi connectivity index (χ1) is 31.7. The molecule has 1 atom stereocenters. The maximum atomic E-state index is 12.5. The molecule has 5 heterocycles. The third kappa shape index (κ3) is 9.60. The minimum Gasteiger partial charge on any atom is -0.486 e. The number of nitrogens with one attached hydrogen (secondary N) is 4. The summed E-state index contributed by atoms with van der Waals surface area (Å²) >= 11 is 0. The summed E-state index contributed by atoms with van der Waals surface area (Å²) in [6.07, 6.45) is 5.50. The maximum Gasteiger partial charge on any atom is 0.573 e. The quantitative estimate of drug-likeness (QED) is 0.123. The Labute approximate surface area is 378 Å². The van der Waals surface area contributed by atoms with Gasteiger partial charge in [-0.2, -0.15) is 0 Å². The summed E-state index contributed by atoms with van der Waals surface area (Å²) < 4.78 is 53.3. The molecule has 2 fully saturated rings. The Hall–Kier alpha value is -6.25. The Morgan fingerprint density at radius 2 is 1.22 bits per heavy atom. The molecule has 6 aromatic rings. The van der Waals surface area contributed by atoms with Gasteiger partial charge in [-0.1, -0.05) is 86.6 Å². The van der Waals surface area contributed by atoms with Gasteiger partial charge in [0, 0.05) is 40.9 Å². The van der Waals surface area contributed by atoms with Gasteiger partial charge in [-0.05, 0) is 117 Å². The van der Waals surface area contributed by atoms with Gasteiger partial charge in [-0.3, -0.25) is 0 Å². The number of anilines is 2. The number of aromatic nitrogens is 4. The minimum absolute atomic E-state index is 0.0835. The molecule has 2 aliphatic carbocycles. The van der Waals surface area contributed by atoms with Crippen molar-refractivity contribution in [1.29, 1.82) is 0 Å².